The van der Waals surface area contributed by atoms with E-state index in [0.29, 0.717) is 41.6 Å². The zero-order valence-electron chi connectivity index (χ0n) is 32.3. The molecule has 0 unspecified atom stereocenters. The molecule has 2 amide bonds. The summed E-state index contributed by atoms with van der Waals surface area (Å²) >= 11 is 6.77. The van der Waals surface area contributed by atoms with Crippen molar-refractivity contribution < 1.29 is 19.4 Å². The molecule has 4 aliphatic heterocycles. The van der Waals surface area contributed by atoms with Crippen LogP contribution in [0.5, 0.6) is 5.75 Å². The molecule has 1 aromatic heterocycles. The largest absolute Gasteiger partial charge is 0.508 e. The normalized spacial score (nSPS) is 17.9. The molecule has 4 aliphatic rings. The van der Waals surface area contributed by atoms with Crippen molar-refractivity contribution in [2.24, 2.45) is 0 Å². The molecule has 1 atom stereocenters. The number of phenolic OH excluding ortho intramolecular Hbond substituents is 1. The summed E-state index contributed by atoms with van der Waals surface area (Å²) in [7, 11) is 2.11. The summed E-state index contributed by atoms with van der Waals surface area (Å²) in [4.78, 5) is 38.7. The number of morpholine rings is 1. The van der Waals surface area contributed by atoms with Gasteiger partial charge in [-0.1, -0.05) is 35.9 Å². The van der Waals surface area contributed by atoms with E-state index in [1.165, 1.54) is 22.4 Å². The Bertz CT molecular complexity index is 2290. The van der Waals surface area contributed by atoms with Gasteiger partial charge in [0.2, 0.25) is 0 Å². The molecule has 4 aromatic carbocycles. The second kappa shape index (κ2) is 16.6. The number of amides is 2. The van der Waals surface area contributed by atoms with Crippen molar-refractivity contribution in [1.29, 1.82) is 0 Å². The fraction of sp³-hybridized carbons (Fsp3) is 0.348. The maximum absolute atomic E-state index is 15.2. The molecule has 0 saturated carbocycles. The summed E-state index contributed by atoms with van der Waals surface area (Å²) in [6.45, 7) is 6.14. The Kier molecular flexibility index (Phi) is 11.4. The van der Waals surface area contributed by atoms with Gasteiger partial charge in [-0.2, -0.15) is 0 Å². The molecule has 0 bridgehead atoms. The molecule has 11 heteroatoms. The maximum Gasteiger partial charge on any atom is 0.264 e. The quantitative estimate of drug-likeness (QED) is 0.178. The minimum atomic E-state index is -0.148. The summed E-state index contributed by atoms with van der Waals surface area (Å²) < 4.78 is 7.89. The van der Waals surface area contributed by atoms with Gasteiger partial charge in [-0.3, -0.25) is 19.4 Å². The Morgan fingerprint density at radius 2 is 1.58 bits per heavy atom. The van der Waals surface area contributed by atoms with Crippen LogP contribution in [-0.4, -0.2) is 83.8 Å². The van der Waals surface area contributed by atoms with Gasteiger partial charge in [0.1, 0.15) is 5.75 Å². The number of aromatic hydroxyl groups is 1. The van der Waals surface area contributed by atoms with Gasteiger partial charge < -0.3 is 24.2 Å². The van der Waals surface area contributed by atoms with E-state index < -0.39 is 0 Å². The molecule has 5 heterocycles. The molecule has 1 N–H and O–H groups in total. The first kappa shape index (κ1) is 39.0. The standard InChI is InChI=1S/C46H48ClN5O4.ClH/c1-48-19-6-9-32-26-36(14-18-42(32)48)52(35-12-15-38(53)16-13-35)46(55)41-28-44(50-20-5-4-10-43(41)50)40-27-34(47)11-17-39(40)45(54)51-29-33-8-3-2-7-31(33)25-37(51)30-49-21-23-56-24-22-49;/h2-3,7-8,11-18,26-28,37,53H,4-6,9-10,19-25,29-30H2,1H3;1H/t37-;/m0./s1. The number of nitrogens with zero attached hydrogens (tertiary/aromatic N) is 5. The number of halogens is 2. The summed E-state index contributed by atoms with van der Waals surface area (Å²) in [6, 6.07) is 29.1. The summed E-state index contributed by atoms with van der Waals surface area (Å²) in [5, 5.41) is 10.7. The fourth-order valence-corrected chi connectivity index (χ4v) is 9.41. The number of phenols is 1. The van der Waals surface area contributed by atoms with Crippen molar-refractivity contribution >= 4 is 52.9 Å². The van der Waals surface area contributed by atoms with Crippen LogP contribution in [0.15, 0.2) is 91.0 Å². The molecular weight excluding hydrogens is 757 g/mol. The number of carbonyl (C=O) groups excluding carboxylic acids is 2. The van der Waals surface area contributed by atoms with Gasteiger partial charge >= 0.3 is 0 Å². The average Bonchev–Trinajstić information content (AvgIpc) is 3.61. The first-order chi connectivity index (χ1) is 27.3. The summed E-state index contributed by atoms with van der Waals surface area (Å²) in [5.74, 6) is -0.0440. The maximum atomic E-state index is 15.2. The Morgan fingerprint density at radius 1 is 0.807 bits per heavy atom. The molecule has 296 valence electrons. The Labute approximate surface area is 345 Å². The Balaban J connectivity index is 0.00000455. The van der Waals surface area contributed by atoms with Crippen molar-refractivity contribution in [1.82, 2.24) is 14.4 Å². The fourth-order valence-electron chi connectivity index (χ4n) is 9.24. The van der Waals surface area contributed by atoms with E-state index in [2.05, 4.69) is 56.6 Å². The molecule has 0 aliphatic carbocycles. The summed E-state index contributed by atoms with van der Waals surface area (Å²) in [5.41, 5.74) is 10.0. The Hall–Kier alpha value is -4.80. The lowest BCUT2D eigenvalue weighted by atomic mass is 9.92. The second-order valence-electron chi connectivity index (χ2n) is 15.7. The SMILES string of the molecule is CN1CCCc2cc(N(C(=O)c3cc(-c4cc(Cl)ccc4C(=O)N4Cc5ccccc5C[C@H]4CN4CCOCC4)n4c3CCCC4)c3ccc(O)cc3)ccc21.Cl. The van der Waals surface area contributed by atoms with Gasteiger partial charge in [0.05, 0.1) is 18.8 Å². The molecule has 1 fully saturated rings. The number of aryl methyl sites for hydroxylation is 1. The van der Waals surface area contributed by atoms with Crippen LogP contribution in [0.1, 0.15) is 62.4 Å². The van der Waals surface area contributed by atoms with E-state index in [0.717, 1.165) is 93.9 Å². The molecule has 9 nitrogen and oxygen atoms in total. The highest BCUT2D eigenvalue weighted by molar-refractivity contribution is 6.31. The van der Waals surface area contributed by atoms with E-state index in [9.17, 15) is 5.11 Å². The van der Waals surface area contributed by atoms with Gasteiger partial charge in [-0.25, -0.2) is 0 Å². The first-order valence-electron chi connectivity index (χ1n) is 20.0. The lowest BCUT2D eigenvalue weighted by Gasteiger charge is -2.40. The van der Waals surface area contributed by atoms with E-state index in [1.54, 1.807) is 35.2 Å². The molecule has 57 heavy (non-hydrogen) atoms. The molecule has 1 saturated heterocycles. The monoisotopic (exact) mass is 805 g/mol. The minimum Gasteiger partial charge on any atom is -0.508 e. The molecule has 5 aromatic rings. The van der Waals surface area contributed by atoms with Crippen LogP contribution in [-0.2, 0) is 37.1 Å². The van der Waals surface area contributed by atoms with Crippen molar-refractivity contribution in [3.05, 3.63) is 130 Å². The first-order valence-corrected chi connectivity index (χ1v) is 20.4. The van der Waals surface area contributed by atoms with Gasteiger partial charge in [-0.05, 0) is 122 Å². The van der Waals surface area contributed by atoms with Crippen LogP contribution in [0.25, 0.3) is 11.3 Å². The number of fused-ring (bicyclic) bond motifs is 3. The number of aromatic nitrogens is 1. The van der Waals surface area contributed by atoms with Crippen LogP contribution in [0, 0.1) is 0 Å². The predicted molar refractivity (Wildman–Crippen MR) is 229 cm³/mol. The van der Waals surface area contributed by atoms with Gasteiger partial charge in [-0.15, -0.1) is 12.4 Å². The number of rotatable bonds is 7. The molecule has 0 spiro atoms. The number of benzene rings is 4. The number of hydrogen-bond acceptors (Lipinski definition) is 6. The number of ether oxygens (including phenoxy) is 1. The van der Waals surface area contributed by atoms with E-state index in [4.69, 9.17) is 16.3 Å². The van der Waals surface area contributed by atoms with Crippen LogP contribution < -0.4 is 9.80 Å². The highest BCUT2D eigenvalue weighted by Gasteiger charge is 2.35. The van der Waals surface area contributed by atoms with Crippen molar-refractivity contribution in [2.75, 3.05) is 56.2 Å². The smallest absolute Gasteiger partial charge is 0.264 e. The number of hydrogen-bond donors (Lipinski definition) is 1. The second-order valence-corrected chi connectivity index (χ2v) is 16.1. The number of carbonyl (C=O) groups is 2. The van der Waals surface area contributed by atoms with E-state index in [-0.39, 0.29) is 36.0 Å². The molecule has 0 radical (unpaired) electrons. The number of anilines is 3. The Morgan fingerprint density at radius 3 is 2.39 bits per heavy atom. The predicted octanol–water partition coefficient (Wildman–Crippen LogP) is 8.53. The van der Waals surface area contributed by atoms with E-state index in [1.807, 2.05) is 30.3 Å². The third-order valence-corrected chi connectivity index (χ3v) is 12.4. The lowest BCUT2D eigenvalue weighted by Crippen LogP contribution is -2.52. The highest BCUT2D eigenvalue weighted by Crippen LogP contribution is 2.39. The van der Waals surface area contributed by atoms with Crippen LogP contribution >= 0.6 is 24.0 Å². The minimum absolute atomic E-state index is 0. The summed E-state index contributed by atoms with van der Waals surface area (Å²) in [6.07, 6.45) is 5.46. The average molecular weight is 807 g/mol. The lowest BCUT2D eigenvalue weighted by molar-refractivity contribution is 0.0193. The third-order valence-electron chi connectivity index (χ3n) is 12.1. The topological polar surface area (TPSA) is 81.5 Å². The molecular formula is C46H49Cl2N5O4. The van der Waals surface area contributed by atoms with Gasteiger partial charge in [0.25, 0.3) is 11.8 Å². The van der Waals surface area contributed by atoms with Crippen molar-refractivity contribution in [3.8, 4) is 17.0 Å². The highest BCUT2D eigenvalue weighted by atomic mass is 35.5. The zero-order chi connectivity index (χ0) is 38.3. The van der Waals surface area contributed by atoms with Crippen molar-refractivity contribution in [2.45, 2.75) is 57.7 Å². The van der Waals surface area contributed by atoms with Crippen LogP contribution in [0.4, 0.5) is 17.1 Å². The van der Waals surface area contributed by atoms with Gasteiger partial charge in [0.15, 0.2) is 0 Å². The third kappa shape index (κ3) is 7.66. The van der Waals surface area contributed by atoms with Crippen molar-refractivity contribution in [3.63, 3.8) is 0 Å². The van der Waals surface area contributed by atoms with Crippen LogP contribution in [0.3, 0.4) is 0 Å². The van der Waals surface area contributed by atoms with Gasteiger partial charge in [0, 0.05) is 97.0 Å². The zero-order valence-corrected chi connectivity index (χ0v) is 33.9. The van der Waals surface area contributed by atoms with E-state index >= 15 is 9.59 Å². The molecule has 9 rings (SSSR count). The van der Waals surface area contributed by atoms with Crippen LogP contribution in [0.2, 0.25) is 5.02 Å².